The highest BCUT2D eigenvalue weighted by Gasteiger charge is 2.17. The van der Waals surface area contributed by atoms with Gasteiger partial charge in [0.1, 0.15) is 0 Å². The zero-order valence-electron chi connectivity index (χ0n) is 20.3. The van der Waals surface area contributed by atoms with Gasteiger partial charge >= 0.3 is 0 Å². The van der Waals surface area contributed by atoms with E-state index in [0.717, 1.165) is 49.5 Å². The minimum Gasteiger partial charge on any atom is -0.502 e. The Balaban J connectivity index is 1.43. The number of aromatic hydroxyl groups is 1. The summed E-state index contributed by atoms with van der Waals surface area (Å²) in [5.41, 5.74) is 3.73. The number of rotatable bonds is 7. The topological polar surface area (TPSA) is 108 Å². The fourth-order valence-electron chi connectivity index (χ4n) is 4.08. The van der Waals surface area contributed by atoms with Gasteiger partial charge in [0.25, 0.3) is 5.56 Å². The Morgan fingerprint density at radius 2 is 1.75 bits per heavy atom. The van der Waals surface area contributed by atoms with Crippen LogP contribution < -0.4 is 10.9 Å². The summed E-state index contributed by atoms with van der Waals surface area (Å²) in [6.45, 7) is 6.24. The lowest BCUT2D eigenvalue weighted by atomic mass is 9.93. The number of morpholine rings is 1. The van der Waals surface area contributed by atoms with E-state index < -0.39 is 11.3 Å². The van der Waals surface area contributed by atoms with Crippen LogP contribution in [0.2, 0.25) is 0 Å². The molecule has 8 heteroatoms. The first-order valence-corrected chi connectivity index (χ1v) is 12.0. The van der Waals surface area contributed by atoms with E-state index in [1.165, 1.54) is 18.8 Å². The molecule has 1 saturated heterocycles. The third-order valence-electron chi connectivity index (χ3n) is 6.14. The third kappa shape index (κ3) is 7.04. The molecule has 1 atom stereocenters. The van der Waals surface area contributed by atoms with E-state index in [2.05, 4.69) is 44.2 Å². The largest absolute Gasteiger partial charge is 0.502 e. The van der Waals surface area contributed by atoms with Crippen molar-refractivity contribution in [3.8, 4) is 17.6 Å². The Hall–Kier alpha value is -3.93. The molecule has 1 aliphatic heterocycles. The summed E-state index contributed by atoms with van der Waals surface area (Å²) in [7, 11) is 0. The number of aromatic amines is 1. The SMILES string of the molecule is CC(=O)NCC(Cc1nc[nH]c(=O)c1O)c1ccc(C#Cc2ccc(CN3CCOCC3)cc2)cc1. The van der Waals surface area contributed by atoms with Crippen LogP contribution >= 0.6 is 0 Å². The van der Waals surface area contributed by atoms with Gasteiger partial charge in [-0.2, -0.15) is 0 Å². The quantitative estimate of drug-likeness (QED) is 0.442. The first kappa shape index (κ1) is 25.2. The summed E-state index contributed by atoms with van der Waals surface area (Å²) < 4.78 is 5.41. The highest BCUT2D eigenvalue weighted by Crippen LogP contribution is 2.23. The lowest BCUT2D eigenvalue weighted by Gasteiger charge is -2.26. The molecular formula is C28H30N4O4. The number of aromatic nitrogens is 2. The van der Waals surface area contributed by atoms with E-state index >= 15 is 0 Å². The Morgan fingerprint density at radius 3 is 2.39 bits per heavy atom. The molecule has 1 amide bonds. The second-order valence-corrected chi connectivity index (χ2v) is 8.82. The zero-order valence-corrected chi connectivity index (χ0v) is 20.3. The van der Waals surface area contributed by atoms with Gasteiger partial charge in [0.15, 0.2) is 0 Å². The van der Waals surface area contributed by atoms with Crippen molar-refractivity contribution in [2.75, 3.05) is 32.8 Å². The van der Waals surface area contributed by atoms with Crippen LogP contribution in [-0.4, -0.2) is 58.7 Å². The van der Waals surface area contributed by atoms with Gasteiger partial charge in [-0.25, -0.2) is 4.98 Å². The van der Waals surface area contributed by atoms with E-state index in [1.54, 1.807) is 0 Å². The standard InChI is InChI=1S/C28H30N4O4/c1-20(33)29-17-25(16-26-27(34)28(35)31-19-30-26)24-10-8-22(9-11-24)3-2-21-4-6-23(7-5-21)18-32-12-14-36-15-13-32/h4-11,19,25,34H,12-18H2,1H3,(H,29,33)(H,30,31,35). The predicted molar refractivity (Wildman–Crippen MR) is 137 cm³/mol. The lowest BCUT2D eigenvalue weighted by Crippen LogP contribution is -2.35. The highest BCUT2D eigenvalue weighted by atomic mass is 16.5. The van der Waals surface area contributed by atoms with Crippen molar-refractivity contribution in [1.29, 1.82) is 0 Å². The van der Waals surface area contributed by atoms with E-state index in [-0.39, 0.29) is 17.5 Å². The molecule has 186 valence electrons. The molecule has 1 fully saturated rings. The van der Waals surface area contributed by atoms with Crippen LogP contribution in [-0.2, 0) is 22.5 Å². The van der Waals surface area contributed by atoms with Crippen LogP contribution in [0, 0.1) is 11.8 Å². The van der Waals surface area contributed by atoms with E-state index in [9.17, 15) is 14.7 Å². The predicted octanol–water partition coefficient (Wildman–Crippen LogP) is 2.17. The van der Waals surface area contributed by atoms with Crippen LogP contribution in [0.15, 0.2) is 59.7 Å². The van der Waals surface area contributed by atoms with Crippen molar-refractivity contribution in [1.82, 2.24) is 20.2 Å². The second kappa shape index (κ2) is 12.2. The fraction of sp³-hybridized carbons (Fsp3) is 0.321. The molecule has 1 aliphatic rings. The van der Waals surface area contributed by atoms with E-state index in [0.29, 0.717) is 13.0 Å². The van der Waals surface area contributed by atoms with Crippen LogP contribution in [0.5, 0.6) is 5.75 Å². The molecule has 1 aromatic heterocycles. The maximum absolute atomic E-state index is 11.7. The number of carbonyl (C=O) groups is 1. The van der Waals surface area contributed by atoms with E-state index in [1.807, 2.05) is 36.4 Å². The Morgan fingerprint density at radius 1 is 1.11 bits per heavy atom. The van der Waals surface area contributed by atoms with Gasteiger partial charge in [0, 0.05) is 56.6 Å². The summed E-state index contributed by atoms with van der Waals surface area (Å²) in [4.78, 5) is 32.1. The Labute approximate surface area is 210 Å². The molecule has 3 N–H and O–H groups in total. The zero-order chi connectivity index (χ0) is 25.3. The van der Waals surface area contributed by atoms with Gasteiger partial charge in [-0.3, -0.25) is 14.5 Å². The molecular weight excluding hydrogens is 456 g/mol. The van der Waals surface area contributed by atoms with Gasteiger partial charge in [-0.15, -0.1) is 0 Å². The molecule has 2 aromatic carbocycles. The summed E-state index contributed by atoms with van der Waals surface area (Å²) in [6, 6.07) is 16.1. The molecule has 8 nitrogen and oxygen atoms in total. The molecule has 0 radical (unpaired) electrons. The second-order valence-electron chi connectivity index (χ2n) is 8.82. The van der Waals surface area contributed by atoms with Gasteiger partial charge in [0.05, 0.1) is 25.2 Å². The highest BCUT2D eigenvalue weighted by molar-refractivity contribution is 5.72. The van der Waals surface area contributed by atoms with Crippen LogP contribution in [0.1, 0.15) is 40.8 Å². The minimum atomic E-state index is -0.585. The maximum Gasteiger partial charge on any atom is 0.293 e. The first-order chi connectivity index (χ1) is 17.5. The smallest absolute Gasteiger partial charge is 0.293 e. The monoisotopic (exact) mass is 486 g/mol. The fourth-order valence-corrected chi connectivity index (χ4v) is 4.08. The van der Waals surface area contributed by atoms with Crippen LogP contribution in [0.25, 0.3) is 0 Å². The van der Waals surface area contributed by atoms with Crippen molar-refractivity contribution in [2.24, 2.45) is 0 Å². The molecule has 0 spiro atoms. The number of hydrogen-bond donors (Lipinski definition) is 3. The normalized spacial score (nSPS) is 14.5. The average molecular weight is 487 g/mol. The van der Waals surface area contributed by atoms with Crippen molar-refractivity contribution in [2.45, 2.75) is 25.8 Å². The summed E-state index contributed by atoms with van der Waals surface area (Å²) in [6.07, 6.45) is 1.57. The number of carbonyl (C=O) groups excluding carboxylic acids is 1. The van der Waals surface area contributed by atoms with Crippen molar-refractivity contribution in [3.63, 3.8) is 0 Å². The van der Waals surface area contributed by atoms with Gasteiger partial charge in [0.2, 0.25) is 11.7 Å². The number of hydrogen-bond acceptors (Lipinski definition) is 6. The molecule has 0 bridgehead atoms. The molecule has 0 saturated carbocycles. The van der Waals surface area contributed by atoms with Gasteiger partial charge < -0.3 is 20.1 Å². The number of ether oxygens (including phenoxy) is 1. The summed E-state index contributed by atoms with van der Waals surface area (Å²) in [5, 5.41) is 12.9. The number of nitrogens with zero attached hydrogens (tertiary/aromatic N) is 2. The Bertz CT molecular complexity index is 1280. The molecule has 0 aliphatic carbocycles. The summed E-state index contributed by atoms with van der Waals surface area (Å²) in [5.74, 6) is 5.69. The minimum absolute atomic E-state index is 0.151. The number of amides is 1. The first-order valence-electron chi connectivity index (χ1n) is 12.0. The Kier molecular flexibility index (Phi) is 8.50. The van der Waals surface area contributed by atoms with Crippen molar-refractivity contribution in [3.05, 3.63) is 93.2 Å². The van der Waals surface area contributed by atoms with Gasteiger partial charge in [-0.1, -0.05) is 36.1 Å². The molecule has 36 heavy (non-hydrogen) atoms. The number of nitrogens with one attached hydrogen (secondary N) is 2. The van der Waals surface area contributed by atoms with Crippen molar-refractivity contribution < 1.29 is 14.6 Å². The van der Waals surface area contributed by atoms with Crippen molar-refractivity contribution >= 4 is 5.91 Å². The number of H-pyrrole nitrogens is 1. The van der Waals surface area contributed by atoms with Crippen LogP contribution in [0.4, 0.5) is 0 Å². The van der Waals surface area contributed by atoms with E-state index in [4.69, 9.17) is 4.74 Å². The van der Waals surface area contributed by atoms with Gasteiger partial charge in [-0.05, 0) is 35.4 Å². The molecule has 2 heterocycles. The summed E-state index contributed by atoms with van der Waals surface area (Å²) >= 11 is 0. The average Bonchev–Trinajstić information content (AvgIpc) is 2.89. The lowest BCUT2D eigenvalue weighted by molar-refractivity contribution is -0.119. The molecule has 3 aromatic rings. The molecule has 1 unspecified atom stereocenters. The number of benzene rings is 2. The van der Waals surface area contributed by atoms with Crippen LogP contribution in [0.3, 0.4) is 0 Å². The third-order valence-corrected chi connectivity index (χ3v) is 6.14. The molecule has 4 rings (SSSR count). The maximum atomic E-state index is 11.7.